The summed E-state index contributed by atoms with van der Waals surface area (Å²) < 4.78 is 2.46. The van der Waals surface area contributed by atoms with Crippen LogP contribution in [0.3, 0.4) is 0 Å². The zero-order valence-electron chi connectivity index (χ0n) is 29.4. The van der Waals surface area contributed by atoms with E-state index in [1.165, 1.54) is 72.0 Å². The zero-order valence-corrected chi connectivity index (χ0v) is 29.4. The van der Waals surface area contributed by atoms with E-state index in [-0.39, 0.29) is 0 Å². The molecule has 0 saturated heterocycles. The van der Waals surface area contributed by atoms with Crippen LogP contribution in [0.5, 0.6) is 0 Å². The normalized spacial score (nSPS) is 11.3. The first-order chi connectivity index (χ1) is 25.6. The van der Waals surface area contributed by atoms with Crippen LogP contribution in [0, 0.1) is 13.8 Å². The highest BCUT2D eigenvalue weighted by atomic mass is 15.1. The monoisotopic (exact) mass is 666 g/mol. The molecule has 0 bridgehead atoms. The van der Waals surface area contributed by atoms with Crippen LogP contribution in [0.1, 0.15) is 11.1 Å². The first kappa shape index (κ1) is 31.3. The van der Waals surface area contributed by atoms with Crippen molar-refractivity contribution in [1.29, 1.82) is 0 Å². The van der Waals surface area contributed by atoms with Gasteiger partial charge in [0.15, 0.2) is 0 Å². The Morgan fingerprint density at radius 1 is 0.365 bits per heavy atom. The summed E-state index contributed by atoms with van der Waals surface area (Å²) in [6.45, 7) is 4.43. The minimum absolute atomic E-state index is 1.10. The van der Waals surface area contributed by atoms with E-state index in [4.69, 9.17) is 0 Å². The average molecular weight is 667 g/mol. The van der Waals surface area contributed by atoms with Crippen molar-refractivity contribution in [3.05, 3.63) is 205 Å². The lowest BCUT2D eigenvalue weighted by molar-refractivity contribution is 1.17. The second kappa shape index (κ2) is 13.2. The number of nitrogens with zero attached hydrogens (tertiary/aromatic N) is 2. The van der Waals surface area contributed by atoms with Crippen LogP contribution in [0.2, 0.25) is 0 Å². The van der Waals surface area contributed by atoms with Crippen LogP contribution in [0.15, 0.2) is 194 Å². The van der Waals surface area contributed by atoms with Crippen molar-refractivity contribution in [1.82, 2.24) is 4.57 Å². The lowest BCUT2D eigenvalue weighted by Crippen LogP contribution is -2.10. The summed E-state index contributed by atoms with van der Waals surface area (Å²) >= 11 is 0. The fourth-order valence-electron chi connectivity index (χ4n) is 7.79. The topological polar surface area (TPSA) is 8.17 Å². The van der Waals surface area contributed by atoms with E-state index < -0.39 is 0 Å². The summed E-state index contributed by atoms with van der Waals surface area (Å²) in [4.78, 5) is 2.38. The van der Waals surface area contributed by atoms with Gasteiger partial charge in [0.1, 0.15) is 0 Å². The predicted molar refractivity (Wildman–Crippen MR) is 221 cm³/mol. The number of hydrogen-bond acceptors (Lipinski definition) is 1. The van der Waals surface area contributed by atoms with Gasteiger partial charge in [-0.2, -0.15) is 0 Å². The zero-order chi connectivity index (χ0) is 35.0. The highest BCUT2D eigenvalue weighted by Gasteiger charge is 2.20. The van der Waals surface area contributed by atoms with Gasteiger partial charge in [-0.1, -0.05) is 146 Å². The van der Waals surface area contributed by atoms with Gasteiger partial charge in [-0.3, -0.25) is 0 Å². The Balaban J connectivity index is 1.25. The molecule has 0 aliphatic rings. The molecule has 0 N–H and O–H groups in total. The molecule has 2 nitrogen and oxygen atoms in total. The molecule has 0 spiro atoms. The highest BCUT2D eigenvalue weighted by Crippen LogP contribution is 2.42. The van der Waals surface area contributed by atoms with Crippen molar-refractivity contribution in [2.24, 2.45) is 0 Å². The molecule has 2 heteroatoms. The van der Waals surface area contributed by atoms with E-state index >= 15 is 0 Å². The molecule has 1 aromatic heterocycles. The van der Waals surface area contributed by atoms with Gasteiger partial charge < -0.3 is 9.47 Å². The van der Waals surface area contributed by atoms with Crippen LogP contribution in [0.25, 0.3) is 60.9 Å². The first-order valence-electron chi connectivity index (χ1n) is 17.9. The van der Waals surface area contributed by atoms with E-state index in [9.17, 15) is 0 Å². The molecule has 0 amide bonds. The summed E-state index contributed by atoms with van der Waals surface area (Å²) in [5, 5.41) is 2.47. The first-order valence-corrected chi connectivity index (χ1v) is 17.9. The summed E-state index contributed by atoms with van der Waals surface area (Å²) in [5.74, 6) is 0. The minimum Gasteiger partial charge on any atom is -0.310 e. The Hall–Kier alpha value is -6.64. The molecule has 8 aromatic carbocycles. The smallest absolute Gasteiger partial charge is 0.0562 e. The second-order valence-corrected chi connectivity index (χ2v) is 13.5. The van der Waals surface area contributed by atoms with Crippen molar-refractivity contribution in [2.75, 3.05) is 4.90 Å². The van der Waals surface area contributed by atoms with Crippen molar-refractivity contribution < 1.29 is 0 Å². The predicted octanol–water partition coefficient (Wildman–Crippen LogP) is 13.9. The number of benzene rings is 8. The Morgan fingerprint density at radius 3 is 1.46 bits per heavy atom. The summed E-state index contributed by atoms with van der Waals surface area (Å²) in [5.41, 5.74) is 16.7. The Morgan fingerprint density at radius 2 is 0.846 bits per heavy atom. The maximum absolute atomic E-state index is 2.46. The fraction of sp³-hybridized carbons (Fsp3) is 0.0400. The second-order valence-electron chi connectivity index (χ2n) is 13.5. The molecule has 1 heterocycles. The van der Waals surface area contributed by atoms with Gasteiger partial charge in [-0.05, 0) is 101 Å². The number of aromatic nitrogens is 1. The molecule has 248 valence electrons. The molecule has 0 aliphatic carbocycles. The van der Waals surface area contributed by atoms with Crippen LogP contribution in [-0.2, 0) is 0 Å². The third-order valence-corrected chi connectivity index (χ3v) is 10.3. The molecule has 52 heavy (non-hydrogen) atoms. The van der Waals surface area contributed by atoms with Crippen molar-refractivity contribution >= 4 is 38.9 Å². The number of fused-ring (bicyclic) bond motifs is 3. The van der Waals surface area contributed by atoms with Crippen molar-refractivity contribution in [2.45, 2.75) is 13.8 Å². The van der Waals surface area contributed by atoms with Crippen LogP contribution in [-0.4, -0.2) is 4.57 Å². The molecule has 0 fully saturated rings. The van der Waals surface area contributed by atoms with E-state index in [2.05, 4.69) is 217 Å². The molecular weight excluding hydrogens is 629 g/mol. The van der Waals surface area contributed by atoms with E-state index in [1.54, 1.807) is 0 Å². The quantitative estimate of drug-likeness (QED) is 0.164. The third-order valence-electron chi connectivity index (χ3n) is 10.3. The Bertz CT molecular complexity index is 2570. The lowest BCUT2D eigenvalue weighted by Gasteiger charge is -2.26. The van der Waals surface area contributed by atoms with E-state index in [0.717, 1.165) is 17.1 Å². The van der Waals surface area contributed by atoms with Gasteiger partial charge >= 0.3 is 0 Å². The molecule has 0 radical (unpaired) electrons. The summed E-state index contributed by atoms with van der Waals surface area (Å²) in [6, 6.07) is 70.2. The number of rotatable bonds is 7. The fourth-order valence-corrected chi connectivity index (χ4v) is 7.79. The van der Waals surface area contributed by atoms with Crippen LogP contribution < -0.4 is 4.90 Å². The van der Waals surface area contributed by atoms with Crippen molar-refractivity contribution in [3.63, 3.8) is 0 Å². The van der Waals surface area contributed by atoms with Gasteiger partial charge in [0.2, 0.25) is 0 Å². The molecule has 9 rings (SSSR count). The molecular formula is C50H38N2. The van der Waals surface area contributed by atoms with Crippen LogP contribution >= 0.6 is 0 Å². The van der Waals surface area contributed by atoms with E-state index in [0.29, 0.717) is 0 Å². The van der Waals surface area contributed by atoms with Gasteiger partial charge in [-0.15, -0.1) is 0 Å². The highest BCUT2D eigenvalue weighted by molar-refractivity contribution is 6.11. The molecule has 0 saturated carbocycles. The Labute approximate surface area is 305 Å². The maximum Gasteiger partial charge on any atom is 0.0562 e. The third kappa shape index (κ3) is 5.55. The van der Waals surface area contributed by atoms with Crippen molar-refractivity contribution in [3.8, 4) is 39.1 Å². The van der Waals surface area contributed by atoms with Gasteiger partial charge in [-0.25, -0.2) is 0 Å². The number of hydrogen-bond donors (Lipinski definition) is 0. The van der Waals surface area contributed by atoms with Gasteiger partial charge in [0.25, 0.3) is 0 Å². The largest absolute Gasteiger partial charge is 0.310 e. The summed E-state index contributed by atoms with van der Waals surface area (Å²) in [7, 11) is 0. The SMILES string of the molecule is Cc1cccc(C)c1-c1ccccc1-n1c2ccccc2c2ccc(N(c3ccc(-c4ccccc4)cc3)c3ccc(-c4ccccc4)cc3)cc21. The van der Waals surface area contributed by atoms with Gasteiger partial charge in [0, 0.05) is 33.4 Å². The minimum atomic E-state index is 1.10. The standard InChI is InChI=1S/C50H38N2/c1-35-14-13-15-36(2)50(35)46-21-10-12-23-48(46)52-47-22-11-9-20-44(47)45-33-32-43(34-49(45)52)51(41-28-24-39(25-29-41)37-16-5-3-6-17-37)42-30-26-40(27-31-42)38-18-7-4-8-19-38/h3-34H,1-2H3. The summed E-state index contributed by atoms with van der Waals surface area (Å²) in [6.07, 6.45) is 0. The molecule has 0 unspecified atom stereocenters. The lowest BCUT2D eigenvalue weighted by atomic mass is 9.94. The molecule has 0 aliphatic heterocycles. The average Bonchev–Trinajstić information content (AvgIpc) is 3.53. The van der Waals surface area contributed by atoms with E-state index in [1.807, 2.05) is 0 Å². The van der Waals surface area contributed by atoms with Gasteiger partial charge in [0.05, 0.1) is 16.7 Å². The number of para-hydroxylation sites is 2. The number of anilines is 3. The van der Waals surface area contributed by atoms with Crippen LogP contribution in [0.4, 0.5) is 17.1 Å². The number of aryl methyl sites for hydroxylation is 2. The molecule has 9 aromatic rings. The Kier molecular flexibility index (Phi) is 7.98. The maximum atomic E-state index is 2.46. The molecule has 0 atom stereocenters.